The van der Waals surface area contributed by atoms with Gasteiger partial charge in [0.15, 0.2) is 5.96 Å². The van der Waals surface area contributed by atoms with Crippen molar-refractivity contribution in [2.75, 3.05) is 13.6 Å². The molecule has 6 heteroatoms. The molecule has 2 N–H and O–H groups in total. The number of fused-ring (bicyclic) bond motifs is 1. The van der Waals surface area contributed by atoms with Crippen LogP contribution < -0.4 is 10.6 Å². The van der Waals surface area contributed by atoms with Crippen molar-refractivity contribution in [2.24, 2.45) is 10.9 Å². The van der Waals surface area contributed by atoms with Crippen molar-refractivity contribution in [1.82, 2.24) is 25.4 Å². The van der Waals surface area contributed by atoms with Crippen LogP contribution in [-0.4, -0.2) is 40.4 Å². The minimum Gasteiger partial charge on any atom is -0.356 e. The van der Waals surface area contributed by atoms with Crippen molar-refractivity contribution in [3.63, 3.8) is 0 Å². The van der Waals surface area contributed by atoms with Crippen LogP contribution in [0, 0.1) is 12.8 Å². The van der Waals surface area contributed by atoms with Gasteiger partial charge in [-0.3, -0.25) is 4.99 Å². The van der Waals surface area contributed by atoms with Crippen molar-refractivity contribution >= 4 is 5.96 Å². The van der Waals surface area contributed by atoms with Gasteiger partial charge in [0, 0.05) is 32.6 Å². The normalized spacial score (nSPS) is 23.2. The van der Waals surface area contributed by atoms with E-state index in [4.69, 9.17) is 0 Å². The third-order valence-corrected chi connectivity index (χ3v) is 4.96. The minimum absolute atomic E-state index is 0.595. The summed E-state index contributed by atoms with van der Waals surface area (Å²) in [6.07, 6.45) is 8.81. The van der Waals surface area contributed by atoms with Gasteiger partial charge in [-0.05, 0) is 32.1 Å². The third-order valence-electron chi connectivity index (χ3n) is 4.96. The standard InChI is InChI=1S/C16H28N6/c1-12-20-21-15-9-8-13(11-22(12)15)10-18-16(17-2)19-14-6-4-3-5-7-14/h13-14H,3-11H2,1-2H3,(H2,17,18,19). The monoisotopic (exact) mass is 304 g/mol. The molecule has 22 heavy (non-hydrogen) atoms. The van der Waals surface area contributed by atoms with Gasteiger partial charge in [-0.25, -0.2) is 0 Å². The lowest BCUT2D eigenvalue weighted by Gasteiger charge is -2.27. The van der Waals surface area contributed by atoms with Crippen molar-refractivity contribution in [1.29, 1.82) is 0 Å². The van der Waals surface area contributed by atoms with Crippen molar-refractivity contribution in [3.8, 4) is 0 Å². The van der Waals surface area contributed by atoms with Crippen LogP contribution in [0.5, 0.6) is 0 Å². The molecule has 0 saturated heterocycles. The molecule has 1 aromatic heterocycles. The number of hydrogen-bond acceptors (Lipinski definition) is 3. The highest BCUT2D eigenvalue weighted by molar-refractivity contribution is 5.79. The van der Waals surface area contributed by atoms with Gasteiger partial charge in [-0.2, -0.15) is 0 Å². The number of nitrogens with one attached hydrogen (secondary N) is 2. The molecular formula is C16H28N6. The molecule has 1 unspecified atom stereocenters. The predicted molar refractivity (Wildman–Crippen MR) is 87.9 cm³/mol. The number of aliphatic imine (C=N–C) groups is 1. The van der Waals surface area contributed by atoms with Crippen LogP contribution >= 0.6 is 0 Å². The first-order valence-electron chi connectivity index (χ1n) is 8.62. The van der Waals surface area contributed by atoms with Crippen LogP contribution in [0.3, 0.4) is 0 Å². The first-order chi connectivity index (χ1) is 10.8. The van der Waals surface area contributed by atoms with Gasteiger partial charge < -0.3 is 15.2 Å². The molecule has 6 nitrogen and oxygen atoms in total. The van der Waals surface area contributed by atoms with E-state index in [0.29, 0.717) is 12.0 Å². The van der Waals surface area contributed by atoms with E-state index in [-0.39, 0.29) is 0 Å². The molecule has 2 aliphatic rings. The molecular weight excluding hydrogens is 276 g/mol. The average Bonchev–Trinajstić information content (AvgIpc) is 2.93. The lowest BCUT2D eigenvalue weighted by molar-refractivity contribution is 0.355. The molecule has 2 heterocycles. The summed E-state index contributed by atoms with van der Waals surface area (Å²) in [6, 6.07) is 0.595. The van der Waals surface area contributed by atoms with Crippen LogP contribution in [0.15, 0.2) is 4.99 Å². The Labute approximate surface area is 132 Å². The van der Waals surface area contributed by atoms with E-state index in [2.05, 4.69) is 30.4 Å². The summed E-state index contributed by atoms with van der Waals surface area (Å²) in [7, 11) is 1.86. The van der Waals surface area contributed by atoms with Gasteiger partial charge in [-0.15, -0.1) is 10.2 Å². The summed E-state index contributed by atoms with van der Waals surface area (Å²) >= 11 is 0. The van der Waals surface area contributed by atoms with Crippen LogP contribution in [-0.2, 0) is 13.0 Å². The van der Waals surface area contributed by atoms with Crippen LogP contribution in [0.2, 0.25) is 0 Å². The summed E-state index contributed by atoms with van der Waals surface area (Å²) in [6.45, 7) is 4.01. The molecule has 1 aromatic rings. The number of nitrogens with zero attached hydrogens (tertiary/aromatic N) is 4. The number of rotatable bonds is 3. The highest BCUT2D eigenvalue weighted by Crippen LogP contribution is 2.19. The molecule has 1 saturated carbocycles. The first kappa shape index (κ1) is 15.3. The Kier molecular flexibility index (Phi) is 4.95. The third kappa shape index (κ3) is 3.59. The fourth-order valence-electron chi connectivity index (χ4n) is 3.57. The minimum atomic E-state index is 0.595. The van der Waals surface area contributed by atoms with Crippen LogP contribution in [0.1, 0.15) is 50.2 Å². The molecule has 122 valence electrons. The number of guanidine groups is 1. The lowest BCUT2D eigenvalue weighted by atomic mass is 9.95. The topological polar surface area (TPSA) is 67.1 Å². The zero-order chi connectivity index (χ0) is 15.4. The summed E-state index contributed by atoms with van der Waals surface area (Å²) in [4.78, 5) is 4.38. The summed E-state index contributed by atoms with van der Waals surface area (Å²) in [5.41, 5.74) is 0. The second-order valence-electron chi connectivity index (χ2n) is 6.61. The van der Waals surface area contributed by atoms with E-state index in [1.54, 1.807) is 0 Å². The summed E-state index contributed by atoms with van der Waals surface area (Å²) in [5.74, 6) is 3.74. The van der Waals surface area contributed by atoms with Crippen LogP contribution in [0.4, 0.5) is 0 Å². The summed E-state index contributed by atoms with van der Waals surface area (Å²) < 4.78 is 2.26. The van der Waals surface area contributed by atoms with E-state index in [9.17, 15) is 0 Å². The molecule has 1 fully saturated rings. The Morgan fingerprint density at radius 1 is 1.23 bits per heavy atom. The quantitative estimate of drug-likeness (QED) is 0.658. The SMILES string of the molecule is CN=C(NCC1CCc2nnc(C)n2C1)NC1CCCCC1. The van der Waals surface area contributed by atoms with Gasteiger partial charge >= 0.3 is 0 Å². The van der Waals surface area contributed by atoms with E-state index >= 15 is 0 Å². The Morgan fingerprint density at radius 2 is 2.05 bits per heavy atom. The van der Waals surface area contributed by atoms with Gasteiger partial charge in [0.05, 0.1) is 0 Å². The van der Waals surface area contributed by atoms with Crippen molar-refractivity contribution < 1.29 is 0 Å². The predicted octanol–water partition coefficient (Wildman–Crippen LogP) is 1.65. The molecule has 0 amide bonds. The maximum absolute atomic E-state index is 4.38. The maximum Gasteiger partial charge on any atom is 0.191 e. The smallest absolute Gasteiger partial charge is 0.191 e. The zero-order valence-corrected chi connectivity index (χ0v) is 13.8. The Balaban J connectivity index is 1.48. The fraction of sp³-hybridized carbons (Fsp3) is 0.812. The maximum atomic E-state index is 4.38. The largest absolute Gasteiger partial charge is 0.356 e. The molecule has 1 aliphatic carbocycles. The van der Waals surface area contributed by atoms with E-state index < -0.39 is 0 Å². The van der Waals surface area contributed by atoms with Crippen molar-refractivity contribution in [2.45, 2.75) is 64.5 Å². The second-order valence-corrected chi connectivity index (χ2v) is 6.61. The highest BCUT2D eigenvalue weighted by Gasteiger charge is 2.22. The Morgan fingerprint density at radius 3 is 2.82 bits per heavy atom. The van der Waals surface area contributed by atoms with Gasteiger partial charge in [0.25, 0.3) is 0 Å². The molecule has 3 rings (SSSR count). The van der Waals surface area contributed by atoms with Gasteiger partial charge in [0.2, 0.25) is 0 Å². The fourth-order valence-corrected chi connectivity index (χ4v) is 3.57. The number of aromatic nitrogens is 3. The molecule has 1 aliphatic heterocycles. The lowest BCUT2D eigenvalue weighted by Crippen LogP contribution is -2.46. The Bertz CT molecular complexity index is 515. The second kappa shape index (κ2) is 7.11. The molecule has 0 aromatic carbocycles. The van der Waals surface area contributed by atoms with Crippen molar-refractivity contribution in [3.05, 3.63) is 11.6 Å². The van der Waals surface area contributed by atoms with E-state index in [1.807, 2.05) is 14.0 Å². The zero-order valence-electron chi connectivity index (χ0n) is 13.8. The van der Waals surface area contributed by atoms with E-state index in [0.717, 1.165) is 37.1 Å². The number of hydrogen-bond donors (Lipinski definition) is 2. The number of aryl methyl sites for hydroxylation is 2. The summed E-state index contributed by atoms with van der Waals surface area (Å²) in [5, 5.41) is 15.5. The first-order valence-corrected chi connectivity index (χ1v) is 8.62. The van der Waals surface area contributed by atoms with Crippen LogP contribution in [0.25, 0.3) is 0 Å². The molecule has 1 atom stereocenters. The molecule has 0 spiro atoms. The van der Waals surface area contributed by atoms with Gasteiger partial charge in [-0.1, -0.05) is 19.3 Å². The average molecular weight is 304 g/mol. The van der Waals surface area contributed by atoms with Gasteiger partial charge in [0.1, 0.15) is 11.6 Å². The Hall–Kier alpha value is -1.59. The van der Waals surface area contributed by atoms with E-state index in [1.165, 1.54) is 38.5 Å². The molecule has 0 bridgehead atoms. The highest BCUT2D eigenvalue weighted by atomic mass is 15.3. The molecule has 0 radical (unpaired) electrons.